The first-order valence-electron chi connectivity index (χ1n) is 8.06. The number of rotatable bonds is 6. The van der Waals surface area contributed by atoms with Crippen LogP contribution in [-0.4, -0.2) is 35.5 Å². The molecule has 1 aliphatic rings. The number of allylic oxidation sites excluding steroid dienone is 2. The van der Waals surface area contributed by atoms with Crippen LogP contribution >= 0.6 is 11.3 Å². The highest BCUT2D eigenvalue weighted by Gasteiger charge is 2.35. The summed E-state index contributed by atoms with van der Waals surface area (Å²) in [6, 6.07) is 0. The molecule has 0 radical (unpaired) electrons. The van der Waals surface area contributed by atoms with Crippen molar-refractivity contribution in [2.24, 2.45) is 17.6 Å². The number of esters is 1. The van der Waals surface area contributed by atoms with Gasteiger partial charge in [0.1, 0.15) is 5.00 Å². The van der Waals surface area contributed by atoms with Gasteiger partial charge in [0, 0.05) is 0 Å². The van der Waals surface area contributed by atoms with Gasteiger partial charge in [0.2, 0.25) is 5.91 Å². The smallest absolute Gasteiger partial charge is 0.341 e. The highest BCUT2D eigenvalue weighted by molar-refractivity contribution is 7.18. The molecule has 8 nitrogen and oxygen atoms in total. The summed E-state index contributed by atoms with van der Waals surface area (Å²) < 4.78 is 4.99. The minimum absolute atomic E-state index is 0.0669. The van der Waals surface area contributed by atoms with E-state index in [-0.39, 0.29) is 34.9 Å². The van der Waals surface area contributed by atoms with Crippen LogP contribution in [-0.2, 0) is 14.3 Å². The molecule has 1 aromatic rings. The van der Waals surface area contributed by atoms with Gasteiger partial charge in [-0.25, -0.2) is 4.79 Å². The molecule has 1 aromatic heterocycles. The summed E-state index contributed by atoms with van der Waals surface area (Å²) in [6.07, 6.45) is 4.02. The normalized spacial score (nSPS) is 19.0. The summed E-state index contributed by atoms with van der Waals surface area (Å²) in [5, 5.41) is 12.0. The average Bonchev–Trinajstić information content (AvgIpc) is 2.91. The van der Waals surface area contributed by atoms with Crippen LogP contribution in [0.3, 0.4) is 0 Å². The Morgan fingerprint density at radius 1 is 1.27 bits per heavy atom. The molecule has 0 aliphatic heterocycles. The van der Waals surface area contributed by atoms with Crippen molar-refractivity contribution in [1.82, 2.24) is 0 Å². The summed E-state index contributed by atoms with van der Waals surface area (Å²) in [7, 11) is 0. The summed E-state index contributed by atoms with van der Waals surface area (Å²) in [5.74, 6) is -4.59. The first-order chi connectivity index (χ1) is 12.3. The van der Waals surface area contributed by atoms with Gasteiger partial charge in [-0.15, -0.1) is 11.3 Å². The first kappa shape index (κ1) is 19.6. The number of carboxylic acids is 1. The van der Waals surface area contributed by atoms with E-state index in [0.29, 0.717) is 5.56 Å². The van der Waals surface area contributed by atoms with Crippen molar-refractivity contribution in [3.63, 3.8) is 0 Å². The van der Waals surface area contributed by atoms with Crippen LogP contribution in [0.25, 0.3) is 0 Å². The molecule has 9 heteroatoms. The topological polar surface area (TPSA) is 136 Å². The zero-order chi connectivity index (χ0) is 19.4. The Balaban J connectivity index is 2.35. The fourth-order valence-corrected chi connectivity index (χ4v) is 3.92. The zero-order valence-corrected chi connectivity index (χ0v) is 15.2. The van der Waals surface area contributed by atoms with E-state index >= 15 is 0 Å². The van der Waals surface area contributed by atoms with E-state index in [0.717, 1.165) is 11.3 Å². The highest BCUT2D eigenvalue weighted by Crippen LogP contribution is 2.35. The second-order valence-electron chi connectivity index (χ2n) is 5.83. The maximum Gasteiger partial charge on any atom is 0.341 e. The molecule has 0 fully saturated rings. The van der Waals surface area contributed by atoms with Crippen LogP contribution in [0, 0.1) is 18.8 Å². The Hall–Kier alpha value is -2.68. The predicted molar refractivity (Wildman–Crippen MR) is 95.1 cm³/mol. The molecule has 1 aliphatic carbocycles. The molecule has 0 saturated carbocycles. The van der Waals surface area contributed by atoms with Crippen LogP contribution in [0.15, 0.2) is 12.2 Å². The van der Waals surface area contributed by atoms with Gasteiger partial charge in [-0.3, -0.25) is 14.4 Å². The van der Waals surface area contributed by atoms with E-state index in [2.05, 4.69) is 5.32 Å². The number of aliphatic carboxylic acids is 1. The van der Waals surface area contributed by atoms with Crippen LogP contribution in [0.1, 0.15) is 45.4 Å². The minimum atomic E-state index is -1.06. The summed E-state index contributed by atoms with van der Waals surface area (Å²) >= 11 is 0.878. The maximum atomic E-state index is 12.6. The number of nitrogens with one attached hydrogen (secondary N) is 1. The number of ether oxygens (including phenoxy) is 1. The molecule has 2 amide bonds. The molecule has 1 heterocycles. The first-order valence-corrected chi connectivity index (χ1v) is 8.88. The molecule has 2 atom stereocenters. The van der Waals surface area contributed by atoms with Gasteiger partial charge < -0.3 is 20.9 Å². The quantitative estimate of drug-likeness (QED) is 0.510. The molecule has 140 valence electrons. The van der Waals surface area contributed by atoms with E-state index in [1.54, 1.807) is 26.0 Å². The lowest BCUT2D eigenvalue weighted by Gasteiger charge is -2.24. The van der Waals surface area contributed by atoms with Crippen LogP contribution in [0.5, 0.6) is 0 Å². The molecule has 2 rings (SSSR count). The van der Waals surface area contributed by atoms with Crippen molar-refractivity contribution >= 4 is 40.1 Å². The van der Waals surface area contributed by atoms with Gasteiger partial charge >= 0.3 is 11.9 Å². The highest BCUT2D eigenvalue weighted by atomic mass is 32.1. The lowest BCUT2D eigenvalue weighted by atomic mass is 9.82. The number of nitrogens with two attached hydrogens (primary N) is 1. The van der Waals surface area contributed by atoms with Gasteiger partial charge in [0.05, 0.1) is 28.9 Å². The van der Waals surface area contributed by atoms with Gasteiger partial charge in [-0.05, 0) is 32.3 Å². The van der Waals surface area contributed by atoms with Crippen LogP contribution in [0.4, 0.5) is 5.00 Å². The molecular weight excluding hydrogens is 360 g/mol. The molecule has 0 bridgehead atoms. The minimum Gasteiger partial charge on any atom is -0.481 e. The number of carboxylic acid groups (broad SMARTS) is 1. The summed E-state index contributed by atoms with van der Waals surface area (Å²) in [6.45, 7) is 3.31. The van der Waals surface area contributed by atoms with E-state index in [4.69, 9.17) is 10.5 Å². The number of carbonyl (C=O) groups excluding carboxylic acids is 3. The van der Waals surface area contributed by atoms with Gasteiger partial charge in [0.15, 0.2) is 0 Å². The maximum absolute atomic E-state index is 12.6. The fraction of sp³-hybridized carbons (Fsp3) is 0.412. The molecule has 26 heavy (non-hydrogen) atoms. The number of hydrogen-bond donors (Lipinski definition) is 3. The molecule has 0 spiro atoms. The number of primary amides is 1. The second-order valence-corrected chi connectivity index (χ2v) is 6.85. The van der Waals surface area contributed by atoms with Crippen molar-refractivity contribution in [2.45, 2.75) is 26.7 Å². The predicted octanol–water partition coefficient (Wildman–Crippen LogP) is 1.94. The van der Waals surface area contributed by atoms with E-state index < -0.39 is 35.6 Å². The fourth-order valence-electron chi connectivity index (χ4n) is 2.87. The van der Waals surface area contributed by atoms with Crippen molar-refractivity contribution in [3.8, 4) is 0 Å². The summed E-state index contributed by atoms with van der Waals surface area (Å²) in [5.41, 5.74) is 5.72. The van der Waals surface area contributed by atoms with Crippen molar-refractivity contribution < 1.29 is 29.0 Å². The molecular formula is C17H20N2O6S. The lowest BCUT2D eigenvalue weighted by Crippen LogP contribution is -2.34. The Morgan fingerprint density at radius 3 is 2.42 bits per heavy atom. The number of amides is 2. The van der Waals surface area contributed by atoms with E-state index in [1.165, 1.54) is 0 Å². The van der Waals surface area contributed by atoms with Crippen LogP contribution in [0.2, 0.25) is 0 Å². The van der Waals surface area contributed by atoms with Crippen molar-refractivity contribution in [1.29, 1.82) is 0 Å². The van der Waals surface area contributed by atoms with Gasteiger partial charge in [-0.2, -0.15) is 0 Å². The number of hydrogen-bond acceptors (Lipinski definition) is 6. The average molecular weight is 380 g/mol. The number of anilines is 1. The van der Waals surface area contributed by atoms with Crippen molar-refractivity contribution in [2.75, 3.05) is 11.9 Å². The standard InChI is InChI=1S/C17H20N2O6S/c1-3-25-17(24)11-8(2)12(13(18)20)26-15(11)19-14(21)9-6-4-5-7-10(9)16(22)23/h4-5,9-10H,3,6-7H2,1-2H3,(H2,18,20)(H,19,21)(H,22,23). The van der Waals surface area contributed by atoms with Crippen molar-refractivity contribution in [3.05, 3.63) is 28.2 Å². The van der Waals surface area contributed by atoms with Gasteiger partial charge in [0.25, 0.3) is 5.91 Å². The Bertz CT molecular complexity index is 782. The Kier molecular flexibility index (Phi) is 6.14. The Labute approximate surface area is 154 Å². The monoisotopic (exact) mass is 380 g/mol. The molecule has 0 aromatic carbocycles. The molecule has 0 saturated heterocycles. The third-order valence-corrected chi connectivity index (χ3v) is 5.40. The molecule has 4 N–H and O–H groups in total. The SMILES string of the molecule is CCOC(=O)c1c(NC(=O)C2CC=CCC2C(=O)O)sc(C(N)=O)c1C. The molecule has 2 unspecified atom stereocenters. The van der Waals surface area contributed by atoms with Crippen LogP contribution < -0.4 is 11.1 Å². The third-order valence-electron chi connectivity index (χ3n) is 4.17. The lowest BCUT2D eigenvalue weighted by molar-refractivity contribution is -0.146. The van der Waals surface area contributed by atoms with Gasteiger partial charge in [-0.1, -0.05) is 12.2 Å². The number of thiophene rings is 1. The summed E-state index contributed by atoms with van der Waals surface area (Å²) in [4.78, 5) is 48.0. The Morgan fingerprint density at radius 2 is 1.88 bits per heavy atom. The zero-order valence-electron chi connectivity index (χ0n) is 14.4. The third kappa shape index (κ3) is 3.93. The van der Waals surface area contributed by atoms with E-state index in [1.807, 2.05) is 0 Å². The second kappa shape index (κ2) is 8.13. The van der Waals surface area contributed by atoms with E-state index in [9.17, 15) is 24.3 Å². The largest absolute Gasteiger partial charge is 0.481 e. The number of carbonyl (C=O) groups is 4.